The maximum Gasteiger partial charge on any atom is 0.203 e. The van der Waals surface area contributed by atoms with Crippen LogP contribution in [0.5, 0.6) is 11.5 Å². The Hall–Kier alpha value is -2.13. The number of nitrogens with zero attached hydrogens (tertiary/aromatic N) is 2. The van der Waals surface area contributed by atoms with Crippen LogP contribution in [0.15, 0.2) is 52.9 Å². The summed E-state index contributed by atoms with van der Waals surface area (Å²) in [5.74, 6) is 1.41. The molecule has 1 heterocycles. The number of hydrogen-bond acceptors (Lipinski definition) is 6. The highest BCUT2D eigenvalue weighted by Crippen LogP contribution is 2.34. The molecule has 0 fully saturated rings. The van der Waals surface area contributed by atoms with Gasteiger partial charge in [-0.25, -0.2) is 4.98 Å². The molecule has 3 aromatic rings. The van der Waals surface area contributed by atoms with Gasteiger partial charge in [0.1, 0.15) is 6.61 Å². The fourth-order valence-corrected chi connectivity index (χ4v) is 3.67. The Balaban J connectivity index is 1.71. The second-order valence-electron chi connectivity index (χ2n) is 5.47. The maximum absolute atomic E-state index is 5.98. The van der Waals surface area contributed by atoms with E-state index in [1.54, 1.807) is 13.3 Å². The normalized spacial score (nSPS) is 10.9. The molecule has 0 atom stereocenters. The zero-order valence-corrected chi connectivity index (χ0v) is 17.4. The number of nitrogens with one attached hydrogen (secondary N) is 1. The third-order valence-corrected chi connectivity index (χ3v) is 5.14. The summed E-state index contributed by atoms with van der Waals surface area (Å²) in [6.07, 6.45) is 1.74. The molecule has 2 aromatic carbocycles. The molecular formula is C19H18IN3O2S. The van der Waals surface area contributed by atoms with Gasteiger partial charge in [0.15, 0.2) is 11.5 Å². The Labute approximate surface area is 170 Å². The third-order valence-electron chi connectivity index (χ3n) is 3.47. The average molecular weight is 479 g/mol. The zero-order valence-electron chi connectivity index (χ0n) is 14.4. The molecule has 0 saturated carbocycles. The lowest BCUT2D eigenvalue weighted by Crippen LogP contribution is -2.01. The molecule has 0 aliphatic heterocycles. The predicted octanol–water partition coefficient (Wildman–Crippen LogP) is 5.09. The highest BCUT2D eigenvalue weighted by atomic mass is 127. The quantitative estimate of drug-likeness (QED) is 0.292. The van der Waals surface area contributed by atoms with Crippen LogP contribution in [0.25, 0.3) is 0 Å². The smallest absolute Gasteiger partial charge is 0.203 e. The minimum atomic E-state index is 0.492. The summed E-state index contributed by atoms with van der Waals surface area (Å²) in [6, 6.07) is 14.0. The van der Waals surface area contributed by atoms with E-state index in [9.17, 15) is 0 Å². The Morgan fingerprint density at radius 3 is 2.77 bits per heavy atom. The van der Waals surface area contributed by atoms with Gasteiger partial charge >= 0.3 is 0 Å². The summed E-state index contributed by atoms with van der Waals surface area (Å²) in [4.78, 5) is 4.31. The number of hydrogen-bond donors (Lipinski definition) is 1. The number of hydrazone groups is 1. The van der Waals surface area contributed by atoms with Gasteiger partial charge in [-0.2, -0.15) is 5.10 Å². The first-order valence-corrected chi connectivity index (χ1v) is 9.87. The number of benzene rings is 2. The number of thiazole rings is 1. The lowest BCUT2D eigenvalue weighted by molar-refractivity contribution is 0.282. The number of aryl methyl sites for hydroxylation is 1. The summed E-state index contributed by atoms with van der Waals surface area (Å²) in [7, 11) is 1.64. The second-order valence-corrected chi connectivity index (χ2v) is 7.49. The molecule has 0 aliphatic rings. The lowest BCUT2D eigenvalue weighted by atomic mass is 10.2. The van der Waals surface area contributed by atoms with Crippen molar-refractivity contribution in [2.24, 2.45) is 5.10 Å². The first-order chi connectivity index (χ1) is 12.7. The third kappa shape index (κ3) is 4.95. The van der Waals surface area contributed by atoms with Gasteiger partial charge in [-0.3, -0.25) is 5.43 Å². The van der Waals surface area contributed by atoms with Gasteiger partial charge in [0, 0.05) is 5.38 Å². The van der Waals surface area contributed by atoms with Gasteiger partial charge in [-0.05, 0) is 52.8 Å². The van der Waals surface area contributed by atoms with Crippen molar-refractivity contribution < 1.29 is 9.47 Å². The van der Waals surface area contributed by atoms with E-state index in [-0.39, 0.29) is 0 Å². The summed E-state index contributed by atoms with van der Waals surface area (Å²) < 4.78 is 12.4. The molecule has 26 heavy (non-hydrogen) atoms. The van der Waals surface area contributed by atoms with E-state index >= 15 is 0 Å². The van der Waals surface area contributed by atoms with Gasteiger partial charge in [-0.15, -0.1) is 11.3 Å². The number of anilines is 1. The van der Waals surface area contributed by atoms with Crippen LogP contribution in [0.3, 0.4) is 0 Å². The highest BCUT2D eigenvalue weighted by molar-refractivity contribution is 14.1. The minimum absolute atomic E-state index is 0.492. The largest absolute Gasteiger partial charge is 0.493 e. The van der Waals surface area contributed by atoms with Crippen LogP contribution >= 0.6 is 33.9 Å². The summed E-state index contributed by atoms with van der Waals surface area (Å²) >= 11 is 3.77. The van der Waals surface area contributed by atoms with Crippen LogP contribution in [0, 0.1) is 10.5 Å². The Bertz CT molecular complexity index is 897. The maximum atomic E-state index is 5.98. The molecule has 0 bridgehead atoms. The molecule has 5 nitrogen and oxygen atoms in total. The van der Waals surface area contributed by atoms with Gasteiger partial charge in [0.05, 0.1) is 22.6 Å². The van der Waals surface area contributed by atoms with Crippen molar-refractivity contribution in [2.45, 2.75) is 13.5 Å². The van der Waals surface area contributed by atoms with Crippen molar-refractivity contribution in [3.63, 3.8) is 0 Å². The lowest BCUT2D eigenvalue weighted by Gasteiger charge is -2.13. The molecule has 7 heteroatoms. The molecule has 0 saturated heterocycles. The fourth-order valence-electron chi connectivity index (χ4n) is 2.25. The standard InChI is InChI=1S/C19H18IN3O2S/c1-13-12-26-19(22-13)23-21-10-15-8-16(20)18(17(9-15)24-2)25-11-14-6-4-3-5-7-14/h3-10,12H,11H2,1-2H3,(H,22,23). The van der Waals surface area contributed by atoms with E-state index in [0.29, 0.717) is 12.4 Å². The van der Waals surface area contributed by atoms with Crippen LogP contribution in [-0.4, -0.2) is 18.3 Å². The van der Waals surface area contributed by atoms with Crippen molar-refractivity contribution in [2.75, 3.05) is 12.5 Å². The monoisotopic (exact) mass is 479 g/mol. The van der Waals surface area contributed by atoms with Crippen molar-refractivity contribution in [1.82, 2.24) is 4.98 Å². The van der Waals surface area contributed by atoms with Crippen molar-refractivity contribution in [1.29, 1.82) is 0 Å². The molecule has 0 unspecified atom stereocenters. The van der Waals surface area contributed by atoms with Crippen LogP contribution in [0.2, 0.25) is 0 Å². The topological polar surface area (TPSA) is 55.7 Å². The fraction of sp³-hybridized carbons (Fsp3) is 0.158. The number of halogens is 1. The number of aromatic nitrogens is 1. The van der Waals surface area contributed by atoms with Crippen molar-refractivity contribution >= 4 is 45.3 Å². The van der Waals surface area contributed by atoms with E-state index in [2.05, 4.69) is 38.1 Å². The van der Waals surface area contributed by atoms with E-state index in [4.69, 9.17) is 9.47 Å². The van der Waals surface area contributed by atoms with Gasteiger partial charge in [-0.1, -0.05) is 30.3 Å². The molecule has 134 valence electrons. The number of rotatable bonds is 7. The van der Waals surface area contributed by atoms with E-state index in [0.717, 1.165) is 31.3 Å². The van der Waals surface area contributed by atoms with Crippen molar-refractivity contribution in [3.05, 3.63) is 68.2 Å². The number of methoxy groups -OCH3 is 1. The first kappa shape index (κ1) is 18.7. The van der Waals surface area contributed by atoms with E-state index in [1.807, 2.05) is 54.8 Å². The molecule has 0 radical (unpaired) electrons. The summed E-state index contributed by atoms with van der Waals surface area (Å²) in [5.41, 5.74) is 5.94. The molecule has 0 amide bonds. The van der Waals surface area contributed by atoms with Gasteiger partial charge < -0.3 is 9.47 Å². The van der Waals surface area contributed by atoms with Gasteiger partial charge in [0.25, 0.3) is 0 Å². The number of ether oxygens (including phenoxy) is 2. The Morgan fingerprint density at radius 2 is 2.08 bits per heavy atom. The average Bonchev–Trinajstić information content (AvgIpc) is 3.06. The van der Waals surface area contributed by atoms with E-state index in [1.165, 1.54) is 11.3 Å². The van der Waals surface area contributed by atoms with Crippen LogP contribution in [0.1, 0.15) is 16.8 Å². The molecule has 0 aliphatic carbocycles. The summed E-state index contributed by atoms with van der Waals surface area (Å²) in [5, 5.41) is 6.98. The van der Waals surface area contributed by atoms with Crippen LogP contribution in [-0.2, 0) is 6.61 Å². The molecular weight excluding hydrogens is 461 g/mol. The minimum Gasteiger partial charge on any atom is -0.493 e. The van der Waals surface area contributed by atoms with E-state index < -0.39 is 0 Å². The first-order valence-electron chi connectivity index (χ1n) is 7.91. The van der Waals surface area contributed by atoms with Gasteiger partial charge in [0.2, 0.25) is 5.13 Å². The molecule has 1 aromatic heterocycles. The van der Waals surface area contributed by atoms with Crippen LogP contribution < -0.4 is 14.9 Å². The zero-order chi connectivity index (χ0) is 18.4. The Kier molecular flexibility index (Phi) is 6.45. The van der Waals surface area contributed by atoms with Crippen molar-refractivity contribution in [3.8, 4) is 11.5 Å². The Morgan fingerprint density at radius 1 is 1.27 bits per heavy atom. The molecule has 0 spiro atoms. The SMILES string of the molecule is COc1cc(C=NNc2nc(C)cs2)cc(I)c1OCc1ccccc1. The second kappa shape index (κ2) is 9.00. The predicted molar refractivity (Wildman–Crippen MR) is 115 cm³/mol. The molecule has 3 rings (SSSR count). The molecule has 1 N–H and O–H groups in total. The van der Waals surface area contributed by atoms with Crippen LogP contribution in [0.4, 0.5) is 5.13 Å². The highest BCUT2D eigenvalue weighted by Gasteiger charge is 2.11. The summed E-state index contributed by atoms with van der Waals surface area (Å²) in [6.45, 7) is 2.44.